The number of urea groups is 1. The van der Waals surface area contributed by atoms with Crippen LogP contribution in [0.4, 0.5) is 10.5 Å². The number of hydrogen-bond donors (Lipinski definition) is 2. The van der Waals surface area contributed by atoms with Gasteiger partial charge in [-0.15, -0.1) is 0 Å². The van der Waals surface area contributed by atoms with E-state index in [4.69, 9.17) is 11.6 Å². The third kappa shape index (κ3) is 5.23. The van der Waals surface area contributed by atoms with Crippen LogP contribution in [0.5, 0.6) is 0 Å². The van der Waals surface area contributed by atoms with E-state index in [-0.39, 0.29) is 6.03 Å². The Kier molecular flexibility index (Phi) is 6.53. The van der Waals surface area contributed by atoms with E-state index in [2.05, 4.69) is 45.9 Å². The summed E-state index contributed by atoms with van der Waals surface area (Å²) in [7, 11) is 0. The van der Waals surface area contributed by atoms with Crippen LogP contribution in [0.2, 0.25) is 5.02 Å². The molecule has 1 fully saturated rings. The third-order valence-corrected chi connectivity index (χ3v) is 5.41. The normalized spacial score (nSPS) is 17.2. The minimum atomic E-state index is -0.168. The highest BCUT2D eigenvalue weighted by atomic mass is 35.5. The molecule has 1 atom stereocenters. The molecule has 1 saturated heterocycles. The summed E-state index contributed by atoms with van der Waals surface area (Å²) in [5.74, 6) is 0.511. The van der Waals surface area contributed by atoms with E-state index >= 15 is 0 Å². The number of nitrogens with one attached hydrogen (secondary N) is 2. The molecule has 0 aromatic heterocycles. The molecule has 0 spiro atoms. The first-order valence-corrected chi connectivity index (χ1v) is 9.56. The molecule has 0 aliphatic carbocycles. The van der Waals surface area contributed by atoms with Crippen molar-refractivity contribution in [2.45, 2.75) is 19.8 Å². The average molecular weight is 372 g/mol. The van der Waals surface area contributed by atoms with Crippen molar-refractivity contribution in [2.75, 3.05) is 31.5 Å². The molecular weight excluding hydrogens is 346 g/mol. The van der Waals surface area contributed by atoms with Crippen molar-refractivity contribution < 1.29 is 4.79 Å². The van der Waals surface area contributed by atoms with Crippen molar-refractivity contribution in [2.24, 2.45) is 5.92 Å². The summed E-state index contributed by atoms with van der Waals surface area (Å²) in [6, 6.07) is 15.9. The van der Waals surface area contributed by atoms with Gasteiger partial charge in [-0.25, -0.2) is 4.79 Å². The average Bonchev–Trinajstić information content (AvgIpc) is 3.11. The van der Waals surface area contributed by atoms with Crippen LogP contribution < -0.4 is 10.6 Å². The zero-order valence-electron chi connectivity index (χ0n) is 15.2. The second-order valence-electron chi connectivity index (χ2n) is 6.94. The standard InChI is InChI=1S/C21H26ClN3O/c1-16-19(22)8-5-9-20(16)24-21(26)23-14-18-11-13-25(15-18)12-10-17-6-3-2-4-7-17/h2-9,18H,10-15H2,1H3,(H2,23,24,26). The fourth-order valence-corrected chi connectivity index (χ4v) is 3.54. The van der Waals surface area contributed by atoms with Gasteiger partial charge in [0, 0.05) is 30.3 Å². The Hall–Kier alpha value is -2.04. The van der Waals surface area contributed by atoms with Gasteiger partial charge in [0.25, 0.3) is 0 Å². The first-order valence-electron chi connectivity index (χ1n) is 9.18. The molecule has 4 nitrogen and oxygen atoms in total. The van der Waals surface area contributed by atoms with Gasteiger partial charge in [-0.05, 0) is 55.5 Å². The van der Waals surface area contributed by atoms with Gasteiger partial charge in [0.05, 0.1) is 0 Å². The smallest absolute Gasteiger partial charge is 0.319 e. The Bertz CT molecular complexity index is 735. The van der Waals surface area contributed by atoms with E-state index in [1.165, 1.54) is 5.56 Å². The monoisotopic (exact) mass is 371 g/mol. The molecule has 2 aromatic rings. The van der Waals surface area contributed by atoms with Crippen LogP contribution in [-0.2, 0) is 6.42 Å². The van der Waals surface area contributed by atoms with Crippen LogP contribution in [0, 0.1) is 12.8 Å². The van der Waals surface area contributed by atoms with Crippen molar-refractivity contribution >= 4 is 23.3 Å². The number of nitrogens with zero attached hydrogens (tertiary/aromatic N) is 1. The Morgan fingerprint density at radius 3 is 2.81 bits per heavy atom. The number of benzene rings is 2. The summed E-state index contributed by atoms with van der Waals surface area (Å²) in [5.41, 5.74) is 3.02. The molecule has 5 heteroatoms. The van der Waals surface area contributed by atoms with Gasteiger partial charge < -0.3 is 15.5 Å². The Labute approximate surface area is 160 Å². The highest BCUT2D eigenvalue weighted by Crippen LogP contribution is 2.23. The van der Waals surface area contributed by atoms with E-state index in [1.807, 2.05) is 25.1 Å². The van der Waals surface area contributed by atoms with Crippen LogP contribution >= 0.6 is 11.6 Å². The molecule has 1 aliphatic rings. The minimum absolute atomic E-state index is 0.168. The number of likely N-dealkylation sites (tertiary alicyclic amines) is 1. The summed E-state index contributed by atoms with van der Waals surface area (Å²) in [5, 5.41) is 6.54. The maximum absolute atomic E-state index is 12.1. The summed E-state index contributed by atoms with van der Waals surface area (Å²) >= 11 is 6.09. The van der Waals surface area contributed by atoms with Gasteiger partial charge in [-0.2, -0.15) is 0 Å². The van der Waals surface area contributed by atoms with Crippen molar-refractivity contribution in [3.05, 3.63) is 64.7 Å². The summed E-state index contributed by atoms with van der Waals surface area (Å²) in [6.07, 6.45) is 2.21. The molecule has 3 rings (SSSR count). The molecule has 2 N–H and O–H groups in total. The highest BCUT2D eigenvalue weighted by molar-refractivity contribution is 6.31. The van der Waals surface area contributed by atoms with Gasteiger partial charge in [0.15, 0.2) is 0 Å². The second kappa shape index (κ2) is 9.06. The lowest BCUT2D eigenvalue weighted by Gasteiger charge is -2.16. The van der Waals surface area contributed by atoms with Crippen LogP contribution in [0.3, 0.4) is 0 Å². The third-order valence-electron chi connectivity index (χ3n) is 5.00. The molecule has 26 heavy (non-hydrogen) atoms. The van der Waals surface area contributed by atoms with Crippen molar-refractivity contribution in [1.29, 1.82) is 0 Å². The summed E-state index contributed by atoms with van der Waals surface area (Å²) < 4.78 is 0. The second-order valence-corrected chi connectivity index (χ2v) is 7.35. The SMILES string of the molecule is Cc1c(Cl)cccc1NC(=O)NCC1CCN(CCc2ccccc2)C1. The number of carbonyl (C=O) groups excluding carboxylic acids is 1. The Balaban J connectivity index is 1.39. The molecule has 0 radical (unpaired) electrons. The fraction of sp³-hybridized carbons (Fsp3) is 0.381. The fourth-order valence-electron chi connectivity index (χ4n) is 3.36. The zero-order valence-corrected chi connectivity index (χ0v) is 15.9. The zero-order chi connectivity index (χ0) is 18.4. The van der Waals surface area contributed by atoms with Crippen LogP contribution in [0.1, 0.15) is 17.5 Å². The number of hydrogen-bond acceptors (Lipinski definition) is 2. The topological polar surface area (TPSA) is 44.4 Å². The number of rotatable bonds is 6. The molecule has 1 heterocycles. The van der Waals surface area contributed by atoms with E-state index in [0.717, 1.165) is 43.7 Å². The highest BCUT2D eigenvalue weighted by Gasteiger charge is 2.22. The summed E-state index contributed by atoms with van der Waals surface area (Å²) in [4.78, 5) is 14.6. The lowest BCUT2D eigenvalue weighted by molar-refractivity contribution is 0.249. The van der Waals surface area contributed by atoms with Crippen LogP contribution in [0.15, 0.2) is 48.5 Å². The number of anilines is 1. The Morgan fingerprint density at radius 2 is 2.00 bits per heavy atom. The van der Waals surface area contributed by atoms with E-state index in [1.54, 1.807) is 0 Å². The molecule has 138 valence electrons. The van der Waals surface area contributed by atoms with Crippen molar-refractivity contribution in [3.8, 4) is 0 Å². The van der Waals surface area contributed by atoms with E-state index in [9.17, 15) is 4.79 Å². The maximum Gasteiger partial charge on any atom is 0.319 e. The van der Waals surface area contributed by atoms with E-state index < -0.39 is 0 Å². The van der Waals surface area contributed by atoms with Gasteiger partial charge >= 0.3 is 6.03 Å². The predicted molar refractivity (Wildman–Crippen MR) is 108 cm³/mol. The van der Waals surface area contributed by atoms with Gasteiger partial charge in [-0.1, -0.05) is 48.0 Å². The molecule has 0 saturated carbocycles. The number of halogens is 1. The van der Waals surface area contributed by atoms with Crippen molar-refractivity contribution in [3.63, 3.8) is 0 Å². The largest absolute Gasteiger partial charge is 0.338 e. The first kappa shape index (κ1) is 18.7. The van der Waals surface area contributed by atoms with Crippen LogP contribution in [-0.4, -0.2) is 37.1 Å². The van der Waals surface area contributed by atoms with Crippen molar-refractivity contribution in [1.82, 2.24) is 10.2 Å². The molecule has 2 amide bonds. The molecule has 1 aliphatic heterocycles. The predicted octanol–water partition coefficient (Wildman–Crippen LogP) is 4.33. The van der Waals surface area contributed by atoms with Gasteiger partial charge in [0.2, 0.25) is 0 Å². The van der Waals surface area contributed by atoms with Crippen LogP contribution in [0.25, 0.3) is 0 Å². The number of carbonyl (C=O) groups is 1. The first-order chi connectivity index (χ1) is 12.6. The minimum Gasteiger partial charge on any atom is -0.338 e. The Morgan fingerprint density at radius 1 is 1.19 bits per heavy atom. The lowest BCUT2D eigenvalue weighted by Crippen LogP contribution is -2.34. The summed E-state index contributed by atoms with van der Waals surface area (Å²) in [6.45, 7) is 5.83. The maximum atomic E-state index is 12.1. The van der Waals surface area contributed by atoms with E-state index in [0.29, 0.717) is 17.5 Å². The molecule has 0 bridgehead atoms. The van der Waals surface area contributed by atoms with Gasteiger partial charge in [0.1, 0.15) is 0 Å². The van der Waals surface area contributed by atoms with Gasteiger partial charge in [-0.3, -0.25) is 0 Å². The molecule has 1 unspecified atom stereocenters. The lowest BCUT2D eigenvalue weighted by atomic mass is 10.1. The molecule has 2 aromatic carbocycles. The quantitative estimate of drug-likeness (QED) is 0.793. The number of amides is 2. The molecular formula is C21H26ClN3O.